The van der Waals surface area contributed by atoms with Crippen LogP contribution in [0.25, 0.3) is 0 Å². The van der Waals surface area contributed by atoms with Crippen LogP contribution in [0, 0.1) is 5.92 Å². The van der Waals surface area contributed by atoms with E-state index >= 15 is 0 Å². The fraction of sp³-hybridized carbons (Fsp3) is 0.625. The lowest BCUT2D eigenvalue weighted by Crippen LogP contribution is -2.27. The molecule has 1 N–H and O–H groups in total. The standard InChI is InChI=1S/C16H27NO2/c1-13(2)11-14-5-7-15(8-6-14)16(18)12-17(3)9-10-19-4/h5-8,13,16,18H,9-12H2,1-4H3. The molecule has 0 bridgehead atoms. The van der Waals surface area contributed by atoms with Crippen molar-refractivity contribution in [3.05, 3.63) is 35.4 Å². The summed E-state index contributed by atoms with van der Waals surface area (Å²) in [7, 11) is 3.69. The molecule has 1 rings (SSSR count). The number of methoxy groups -OCH3 is 1. The van der Waals surface area contributed by atoms with Gasteiger partial charge >= 0.3 is 0 Å². The molecular formula is C16H27NO2. The van der Waals surface area contributed by atoms with Crippen LogP contribution >= 0.6 is 0 Å². The van der Waals surface area contributed by atoms with Crippen molar-refractivity contribution in [3.63, 3.8) is 0 Å². The first-order valence-electron chi connectivity index (χ1n) is 6.97. The Morgan fingerprint density at radius 1 is 1.21 bits per heavy atom. The Labute approximate surface area is 117 Å². The van der Waals surface area contributed by atoms with Crippen LogP contribution in [0.5, 0.6) is 0 Å². The van der Waals surface area contributed by atoms with Crippen molar-refractivity contribution in [2.45, 2.75) is 26.4 Å². The van der Waals surface area contributed by atoms with E-state index in [1.54, 1.807) is 7.11 Å². The Morgan fingerprint density at radius 2 is 1.84 bits per heavy atom. The molecule has 0 saturated carbocycles. The average molecular weight is 265 g/mol. The number of hydrogen-bond donors (Lipinski definition) is 1. The second-order valence-electron chi connectivity index (χ2n) is 5.61. The maximum atomic E-state index is 10.2. The zero-order chi connectivity index (χ0) is 14.3. The van der Waals surface area contributed by atoms with E-state index in [4.69, 9.17) is 4.74 Å². The average Bonchev–Trinajstić information content (AvgIpc) is 2.36. The van der Waals surface area contributed by atoms with Crippen LogP contribution in [0.15, 0.2) is 24.3 Å². The Bertz CT molecular complexity index is 348. The van der Waals surface area contributed by atoms with E-state index in [-0.39, 0.29) is 0 Å². The van der Waals surface area contributed by atoms with E-state index in [1.807, 2.05) is 19.2 Å². The summed E-state index contributed by atoms with van der Waals surface area (Å²) in [5.74, 6) is 0.663. The number of rotatable bonds is 8. The van der Waals surface area contributed by atoms with Gasteiger partial charge in [-0.15, -0.1) is 0 Å². The van der Waals surface area contributed by atoms with Gasteiger partial charge in [-0.25, -0.2) is 0 Å². The van der Waals surface area contributed by atoms with Gasteiger partial charge in [0.25, 0.3) is 0 Å². The van der Waals surface area contributed by atoms with Crippen LogP contribution in [0.3, 0.4) is 0 Å². The molecule has 0 fully saturated rings. The topological polar surface area (TPSA) is 32.7 Å². The minimum absolute atomic E-state index is 0.435. The van der Waals surface area contributed by atoms with E-state index < -0.39 is 6.10 Å². The summed E-state index contributed by atoms with van der Waals surface area (Å²) in [6.45, 7) is 6.59. The smallest absolute Gasteiger partial charge is 0.0916 e. The molecule has 3 nitrogen and oxygen atoms in total. The summed E-state index contributed by atoms with van der Waals surface area (Å²) in [6, 6.07) is 8.31. The highest BCUT2D eigenvalue weighted by atomic mass is 16.5. The predicted octanol–water partition coefficient (Wildman–Crippen LogP) is 2.50. The van der Waals surface area contributed by atoms with Crippen LogP contribution in [0.2, 0.25) is 0 Å². The van der Waals surface area contributed by atoms with Crippen LogP contribution in [-0.2, 0) is 11.2 Å². The predicted molar refractivity (Wildman–Crippen MR) is 79.3 cm³/mol. The molecule has 3 heteroatoms. The van der Waals surface area contributed by atoms with Gasteiger partial charge < -0.3 is 14.7 Å². The minimum atomic E-state index is -0.435. The second-order valence-corrected chi connectivity index (χ2v) is 5.61. The molecule has 108 valence electrons. The van der Waals surface area contributed by atoms with Gasteiger partial charge in [0.1, 0.15) is 0 Å². The molecule has 1 aromatic carbocycles. The number of aliphatic hydroxyl groups excluding tert-OH is 1. The summed E-state index contributed by atoms with van der Waals surface area (Å²) in [6.07, 6.45) is 0.652. The minimum Gasteiger partial charge on any atom is -0.387 e. The maximum absolute atomic E-state index is 10.2. The largest absolute Gasteiger partial charge is 0.387 e. The summed E-state index contributed by atoms with van der Waals surface area (Å²) >= 11 is 0. The molecule has 0 saturated heterocycles. The molecule has 0 amide bonds. The molecule has 0 aliphatic heterocycles. The fourth-order valence-electron chi connectivity index (χ4n) is 2.09. The summed E-state index contributed by atoms with van der Waals surface area (Å²) < 4.78 is 5.03. The molecule has 1 aromatic rings. The van der Waals surface area contributed by atoms with Crippen molar-refractivity contribution in [2.24, 2.45) is 5.92 Å². The third kappa shape index (κ3) is 6.19. The normalized spacial score (nSPS) is 13.2. The number of ether oxygens (including phenoxy) is 1. The summed E-state index contributed by atoms with van der Waals surface area (Å²) in [5.41, 5.74) is 2.32. The number of aliphatic hydroxyl groups is 1. The summed E-state index contributed by atoms with van der Waals surface area (Å²) in [5, 5.41) is 10.2. The first-order valence-corrected chi connectivity index (χ1v) is 6.97. The van der Waals surface area contributed by atoms with Crippen LogP contribution in [0.4, 0.5) is 0 Å². The first kappa shape index (κ1) is 16.2. The Hall–Kier alpha value is -0.900. The van der Waals surface area contributed by atoms with Gasteiger partial charge in [0.15, 0.2) is 0 Å². The Balaban J connectivity index is 2.50. The lowest BCUT2D eigenvalue weighted by Gasteiger charge is -2.20. The zero-order valence-corrected chi connectivity index (χ0v) is 12.6. The molecule has 0 aliphatic carbocycles. The van der Waals surface area contributed by atoms with Crippen molar-refractivity contribution in [2.75, 3.05) is 33.9 Å². The van der Waals surface area contributed by atoms with E-state index in [9.17, 15) is 5.11 Å². The molecule has 0 spiro atoms. The zero-order valence-electron chi connectivity index (χ0n) is 12.6. The maximum Gasteiger partial charge on any atom is 0.0916 e. The molecule has 0 radical (unpaired) electrons. The van der Waals surface area contributed by atoms with Gasteiger partial charge in [0.2, 0.25) is 0 Å². The number of likely N-dealkylation sites (N-methyl/N-ethyl adjacent to an activating group) is 1. The quantitative estimate of drug-likeness (QED) is 0.784. The van der Waals surface area contributed by atoms with Gasteiger partial charge in [-0.2, -0.15) is 0 Å². The molecule has 0 aromatic heterocycles. The number of nitrogens with zero attached hydrogens (tertiary/aromatic N) is 1. The van der Waals surface area contributed by atoms with Gasteiger partial charge in [0.05, 0.1) is 12.7 Å². The molecule has 0 heterocycles. The Kier molecular flexibility index (Phi) is 7.06. The van der Waals surface area contributed by atoms with E-state index in [1.165, 1.54) is 5.56 Å². The van der Waals surface area contributed by atoms with E-state index in [0.717, 1.165) is 18.5 Å². The van der Waals surface area contributed by atoms with Crippen LogP contribution in [-0.4, -0.2) is 43.9 Å². The van der Waals surface area contributed by atoms with Crippen LogP contribution < -0.4 is 0 Å². The van der Waals surface area contributed by atoms with Gasteiger partial charge in [-0.05, 0) is 30.5 Å². The molecular weight excluding hydrogens is 238 g/mol. The van der Waals surface area contributed by atoms with Crippen molar-refractivity contribution < 1.29 is 9.84 Å². The van der Waals surface area contributed by atoms with Crippen molar-refractivity contribution in [1.82, 2.24) is 4.90 Å². The molecule has 0 aliphatic rings. The Morgan fingerprint density at radius 3 is 2.37 bits per heavy atom. The summed E-state index contributed by atoms with van der Waals surface area (Å²) in [4.78, 5) is 2.08. The highest BCUT2D eigenvalue weighted by Gasteiger charge is 2.10. The van der Waals surface area contributed by atoms with Gasteiger partial charge in [-0.1, -0.05) is 38.1 Å². The van der Waals surface area contributed by atoms with E-state index in [0.29, 0.717) is 19.1 Å². The molecule has 1 unspecified atom stereocenters. The highest BCUT2D eigenvalue weighted by molar-refractivity contribution is 5.24. The van der Waals surface area contributed by atoms with Crippen molar-refractivity contribution in [1.29, 1.82) is 0 Å². The van der Waals surface area contributed by atoms with Crippen LogP contribution in [0.1, 0.15) is 31.1 Å². The third-order valence-electron chi connectivity index (χ3n) is 3.17. The van der Waals surface area contributed by atoms with Crippen molar-refractivity contribution in [3.8, 4) is 0 Å². The molecule has 1 atom stereocenters. The highest BCUT2D eigenvalue weighted by Crippen LogP contribution is 2.16. The fourth-order valence-corrected chi connectivity index (χ4v) is 2.09. The van der Waals surface area contributed by atoms with E-state index in [2.05, 4.69) is 30.9 Å². The second kappa shape index (κ2) is 8.31. The number of hydrogen-bond acceptors (Lipinski definition) is 3. The first-order chi connectivity index (χ1) is 9.02. The van der Waals surface area contributed by atoms with Gasteiger partial charge in [-0.3, -0.25) is 0 Å². The van der Waals surface area contributed by atoms with Gasteiger partial charge in [0, 0.05) is 20.2 Å². The lowest BCUT2D eigenvalue weighted by atomic mass is 10.00. The number of benzene rings is 1. The molecule has 19 heavy (non-hydrogen) atoms. The SMILES string of the molecule is COCCN(C)CC(O)c1ccc(CC(C)C)cc1. The van der Waals surface area contributed by atoms with Crippen molar-refractivity contribution >= 4 is 0 Å². The lowest BCUT2D eigenvalue weighted by molar-refractivity contribution is 0.103. The monoisotopic (exact) mass is 265 g/mol. The third-order valence-corrected chi connectivity index (χ3v) is 3.17.